The molecular formula is C10H16N2OS. The van der Waals surface area contributed by atoms with Crippen LogP contribution in [0.5, 0.6) is 0 Å². The van der Waals surface area contributed by atoms with Gasteiger partial charge in [0.15, 0.2) is 0 Å². The first-order chi connectivity index (χ1) is 6.75. The van der Waals surface area contributed by atoms with E-state index in [1.54, 1.807) is 18.3 Å². The smallest absolute Gasteiger partial charge is 0.0959 e. The lowest BCUT2D eigenvalue weighted by Gasteiger charge is -2.04. The molecule has 0 amide bonds. The van der Waals surface area contributed by atoms with Gasteiger partial charge in [0.05, 0.1) is 11.1 Å². The zero-order valence-electron chi connectivity index (χ0n) is 8.36. The van der Waals surface area contributed by atoms with Crippen LogP contribution in [-0.2, 0) is 6.54 Å². The van der Waals surface area contributed by atoms with Crippen LogP contribution in [-0.4, -0.2) is 22.7 Å². The second kappa shape index (κ2) is 4.38. The van der Waals surface area contributed by atoms with Crippen LogP contribution in [0.3, 0.4) is 0 Å². The molecule has 0 aliphatic heterocycles. The number of aliphatic hydroxyl groups excluding tert-OH is 1. The minimum atomic E-state index is -0.272. The lowest BCUT2D eigenvalue weighted by molar-refractivity contribution is 0.191. The molecule has 1 aliphatic rings. The minimum absolute atomic E-state index is 0.272. The molecule has 1 fully saturated rings. The lowest BCUT2D eigenvalue weighted by atomic mass is 10.4. The summed E-state index contributed by atoms with van der Waals surface area (Å²) in [5, 5.41) is 13.5. The van der Waals surface area contributed by atoms with Crippen LogP contribution in [0.2, 0.25) is 0 Å². The molecule has 4 heteroatoms. The fraction of sp³-hybridized carbons (Fsp3) is 0.700. The third-order valence-corrected chi connectivity index (χ3v) is 3.40. The van der Waals surface area contributed by atoms with Crippen molar-refractivity contribution in [2.24, 2.45) is 0 Å². The number of nitrogens with one attached hydrogen (secondary N) is 1. The summed E-state index contributed by atoms with van der Waals surface area (Å²) >= 11 is 1.80. The number of aromatic nitrogens is 1. The molecule has 0 bridgehead atoms. The fourth-order valence-electron chi connectivity index (χ4n) is 1.33. The van der Waals surface area contributed by atoms with E-state index in [0.717, 1.165) is 12.5 Å². The van der Waals surface area contributed by atoms with E-state index in [0.29, 0.717) is 6.54 Å². The average Bonchev–Trinajstić information content (AvgIpc) is 2.87. The molecule has 0 unspecified atom stereocenters. The predicted molar refractivity (Wildman–Crippen MR) is 57.5 cm³/mol. The van der Waals surface area contributed by atoms with Crippen LogP contribution in [0.15, 0.2) is 6.20 Å². The van der Waals surface area contributed by atoms with Crippen LogP contribution in [0.25, 0.3) is 0 Å². The Morgan fingerprint density at radius 2 is 2.50 bits per heavy atom. The van der Waals surface area contributed by atoms with Crippen LogP contribution in [0.1, 0.15) is 35.6 Å². The average molecular weight is 212 g/mol. The van der Waals surface area contributed by atoms with Gasteiger partial charge < -0.3 is 10.4 Å². The van der Waals surface area contributed by atoms with Crippen molar-refractivity contribution in [3.63, 3.8) is 0 Å². The van der Waals surface area contributed by atoms with Crippen LogP contribution in [0, 0.1) is 0 Å². The van der Waals surface area contributed by atoms with Crippen molar-refractivity contribution in [2.75, 3.05) is 6.54 Å². The predicted octanol–water partition coefficient (Wildman–Crippen LogP) is 1.49. The molecule has 2 rings (SSSR count). The molecule has 1 aliphatic carbocycles. The molecule has 1 heterocycles. The zero-order chi connectivity index (χ0) is 9.97. The molecule has 0 aromatic carbocycles. The SMILES string of the molecule is C[C@@H](O)CNCc1cnc(C2CC2)s1. The molecule has 1 aromatic heterocycles. The number of nitrogens with zero attached hydrogens (tertiary/aromatic N) is 1. The number of thiazole rings is 1. The van der Waals surface area contributed by atoms with Gasteiger partial charge in [-0.05, 0) is 19.8 Å². The molecule has 0 spiro atoms. The van der Waals surface area contributed by atoms with E-state index >= 15 is 0 Å². The molecule has 3 nitrogen and oxygen atoms in total. The molecule has 1 saturated carbocycles. The Morgan fingerprint density at radius 3 is 3.14 bits per heavy atom. The highest BCUT2D eigenvalue weighted by atomic mass is 32.1. The summed E-state index contributed by atoms with van der Waals surface area (Å²) in [5.41, 5.74) is 0. The Kier molecular flexibility index (Phi) is 3.15. The van der Waals surface area contributed by atoms with E-state index in [4.69, 9.17) is 5.11 Å². The third kappa shape index (κ3) is 2.77. The molecule has 1 aromatic rings. The summed E-state index contributed by atoms with van der Waals surface area (Å²) in [6.45, 7) is 3.27. The molecule has 78 valence electrons. The van der Waals surface area contributed by atoms with Crippen LogP contribution in [0.4, 0.5) is 0 Å². The number of rotatable bonds is 5. The van der Waals surface area contributed by atoms with E-state index in [1.807, 2.05) is 6.20 Å². The van der Waals surface area contributed by atoms with Crippen molar-refractivity contribution in [1.29, 1.82) is 0 Å². The first-order valence-corrected chi connectivity index (χ1v) is 5.90. The van der Waals surface area contributed by atoms with Gasteiger partial charge in [-0.15, -0.1) is 11.3 Å². The van der Waals surface area contributed by atoms with E-state index in [9.17, 15) is 0 Å². The second-order valence-corrected chi connectivity index (χ2v) is 5.07. The number of hydrogen-bond acceptors (Lipinski definition) is 4. The highest BCUT2D eigenvalue weighted by Gasteiger charge is 2.26. The summed E-state index contributed by atoms with van der Waals surface area (Å²) in [6, 6.07) is 0. The van der Waals surface area contributed by atoms with Gasteiger partial charge in [0.2, 0.25) is 0 Å². The van der Waals surface area contributed by atoms with Gasteiger partial charge >= 0.3 is 0 Å². The summed E-state index contributed by atoms with van der Waals surface area (Å²) in [6.07, 6.45) is 4.31. The van der Waals surface area contributed by atoms with E-state index < -0.39 is 0 Å². The molecule has 14 heavy (non-hydrogen) atoms. The van der Waals surface area contributed by atoms with Crippen molar-refractivity contribution in [1.82, 2.24) is 10.3 Å². The molecule has 0 saturated heterocycles. The first-order valence-electron chi connectivity index (χ1n) is 5.09. The van der Waals surface area contributed by atoms with Gasteiger partial charge in [-0.3, -0.25) is 0 Å². The first kappa shape index (κ1) is 10.1. The Bertz CT molecular complexity index is 294. The van der Waals surface area contributed by atoms with Crippen molar-refractivity contribution in [3.8, 4) is 0 Å². The minimum Gasteiger partial charge on any atom is -0.392 e. The zero-order valence-corrected chi connectivity index (χ0v) is 9.18. The van der Waals surface area contributed by atoms with E-state index in [1.165, 1.54) is 22.7 Å². The molecule has 1 atom stereocenters. The Morgan fingerprint density at radius 1 is 1.71 bits per heavy atom. The maximum atomic E-state index is 9.06. The third-order valence-electron chi connectivity index (χ3n) is 2.24. The van der Waals surface area contributed by atoms with Gasteiger partial charge in [-0.1, -0.05) is 0 Å². The van der Waals surface area contributed by atoms with Crippen molar-refractivity contribution in [3.05, 3.63) is 16.1 Å². The van der Waals surface area contributed by atoms with Crippen LogP contribution >= 0.6 is 11.3 Å². The standard InChI is InChI=1S/C10H16N2OS/c1-7(13)4-11-5-9-6-12-10(14-9)8-2-3-8/h6-8,11,13H,2-5H2,1H3/t7-/m1/s1. The molecule has 2 N–H and O–H groups in total. The number of hydrogen-bond donors (Lipinski definition) is 2. The monoisotopic (exact) mass is 212 g/mol. The maximum absolute atomic E-state index is 9.06. The Balaban J connectivity index is 1.78. The summed E-state index contributed by atoms with van der Waals surface area (Å²) in [4.78, 5) is 5.66. The fourth-order valence-corrected chi connectivity index (χ4v) is 2.38. The highest BCUT2D eigenvalue weighted by molar-refractivity contribution is 7.11. The van der Waals surface area contributed by atoms with Gasteiger partial charge in [-0.2, -0.15) is 0 Å². The number of aliphatic hydroxyl groups is 1. The topological polar surface area (TPSA) is 45.1 Å². The second-order valence-electron chi connectivity index (χ2n) is 3.92. The van der Waals surface area contributed by atoms with Crippen molar-refractivity contribution in [2.45, 2.75) is 38.3 Å². The van der Waals surface area contributed by atoms with E-state index in [2.05, 4.69) is 10.3 Å². The normalized spacial score (nSPS) is 18.4. The quantitative estimate of drug-likeness (QED) is 0.777. The lowest BCUT2D eigenvalue weighted by Crippen LogP contribution is -2.23. The van der Waals surface area contributed by atoms with Crippen molar-refractivity contribution >= 4 is 11.3 Å². The summed E-state index contributed by atoms with van der Waals surface area (Å²) in [5.74, 6) is 0.755. The van der Waals surface area contributed by atoms with E-state index in [-0.39, 0.29) is 6.10 Å². The summed E-state index contributed by atoms with van der Waals surface area (Å²) < 4.78 is 0. The summed E-state index contributed by atoms with van der Waals surface area (Å²) in [7, 11) is 0. The Labute approximate surface area is 88.2 Å². The highest BCUT2D eigenvalue weighted by Crippen LogP contribution is 2.41. The van der Waals surface area contributed by atoms with Crippen molar-refractivity contribution < 1.29 is 5.11 Å². The molecular weight excluding hydrogens is 196 g/mol. The van der Waals surface area contributed by atoms with Gasteiger partial charge in [0, 0.05) is 30.1 Å². The van der Waals surface area contributed by atoms with Gasteiger partial charge in [-0.25, -0.2) is 4.98 Å². The van der Waals surface area contributed by atoms with Gasteiger partial charge in [0.1, 0.15) is 0 Å². The largest absolute Gasteiger partial charge is 0.392 e. The maximum Gasteiger partial charge on any atom is 0.0959 e. The van der Waals surface area contributed by atoms with Crippen LogP contribution < -0.4 is 5.32 Å². The van der Waals surface area contributed by atoms with Gasteiger partial charge in [0.25, 0.3) is 0 Å². The molecule has 0 radical (unpaired) electrons. The Hall–Kier alpha value is -0.450.